The van der Waals surface area contributed by atoms with E-state index < -0.39 is 0 Å². The summed E-state index contributed by atoms with van der Waals surface area (Å²) in [5.41, 5.74) is 0.727. The van der Waals surface area contributed by atoms with Crippen molar-refractivity contribution in [3.8, 4) is 0 Å². The van der Waals surface area contributed by atoms with E-state index in [2.05, 4.69) is 10.6 Å². The lowest BCUT2D eigenvalue weighted by Gasteiger charge is -2.11. The average molecular weight is 344 g/mol. The lowest BCUT2D eigenvalue weighted by atomic mass is 10.2. The Balaban J connectivity index is 2.08. The minimum atomic E-state index is -0.316. The highest BCUT2D eigenvalue weighted by atomic mass is 32.1. The van der Waals surface area contributed by atoms with Crippen molar-refractivity contribution in [2.45, 2.75) is 6.42 Å². The zero-order valence-corrected chi connectivity index (χ0v) is 14.3. The highest BCUT2D eigenvalue weighted by Crippen LogP contribution is 2.13. The standard InChI is InChI=1S/C18H20N2O3S/c1-23-11-6-10-19-18(22)16(13-15-9-5-12-24-15)20-17(21)14-7-3-2-4-8-14/h2-5,7-9,12-13H,6,10-11H2,1H3,(H,19,22)(H,20,21)/b16-13+. The molecule has 0 unspecified atom stereocenters. The molecule has 0 atom stereocenters. The molecule has 0 aliphatic carbocycles. The molecular formula is C18H20N2O3S. The van der Waals surface area contributed by atoms with Gasteiger partial charge in [0.2, 0.25) is 0 Å². The van der Waals surface area contributed by atoms with Crippen LogP contribution in [0.15, 0.2) is 53.5 Å². The van der Waals surface area contributed by atoms with Crippen LogP contribution in [0.3, 0.4) is 0 Å². The summed E-state index contributed by atoms with van der Waals surface area (Å²) >= 11 is 1.50. The van der Waals surface area contributed by atoms with Gasteiger partial charge in [0.15, 0.2) is 0 Å². The third-order valence-corrected chi connectivity index (χ3v) is 3.99. The van der Waals surface area contributed by atoms with Gasteiger partial charge in [-0.2, -0.15) is 0 Å². The van der Waals surface area contributed by atoms with Crippen molar-refractivity contribution in [1.29, 1.82) is 0 Å². The van der Waals surface area contributed by atoms with Crippen molar-refractivity contribution >= 4 is 29.2 Å². The fourth-order valence-electron chi connectivity index (χ4n) is 1.97. The van der Waals surface area contributed by atoms with Gasteiger partial charge in [-0.15, -0.1) is 11.3 Å². The Morgan fingerprint density at radius 3 is 2.62 bits per heavy atom. The number of carbonyl (C=O) groups excluding carboxylic acids is 2. The van der Waals surface area contributed by atoms with Gasteiger partial charge in [-0.1, -0.05) is 24.3 Å². The maximum Gasteiger partial charge on any atom is 0.267 e. The molecule has 0 fully saturated rings. The molecule has 1 aromatic carbocycles. The monoisotopic (exact) mass is 344 g/mol. The van der Waals surface area contributed by atoms with Crippen LogP contribution in [-0.4, -0.2) is 32.1 Å². The summed E-state index contributed by atoms with van der Waals surface area (Å²) in [5.74, 6) is -0.630. The molecule has 0 saturated heterocycles. The number of hydrogen-bond acceptors (Lipinski definition) is 4. The van der Waals surface area contributed by atoms with Crippen LogP contribution in [-0.2, 0) is 9.53 Å². The first-order valence-corrected chi connectivity index (χ1v) is 8.47. The fraction of sp³-hybridized carbons (Fsp3) is 0.222. The van der Waals surface area contributed by atoms with Gasteiger partial charge in [-0.3, -0.25) is 9.59 Å². The molecule has 5 nitrogen and oxygen atoms in total. The smallest absolute Gasteiger partial charge is 0.267 e. The van der Waals surface area contributed by atoms with Gasteiger partial charge in [0.25, 0.3) is 11.8 Å². The summed E-state index contributed by atoms with van der Waals surface area (Å²) < 4.78 is 4.96. The number of amides is 2. The molecule has 6 heteroatoms. The van der Waals surface area contributed by atoms with Crippen LogP contribution in [0.4, 0.5) is 0 Å². The molecule has 2 N–H and O–H groups in total. The van der Waals surface area contributed by atoms with E-state index in [0.717, 1.165) is 4.88 Å². The van der Waals surface area contributed by atoms with E-state index in [1.54, 1.807) is 37.5 Å². The molecule has 2 aromatic rings. The van der Waals surface area contributed by atoms with Crippen LogP contribution in [0.1, 0.15) is 21.7 Å². The van der Waals surface area contributed by atoms with Crippen LogP contribution in [0.25, 0.3) is 6.08 Å². The molecule has 1 heterocycles. The van der Waals surface area contributed by atoms with Gasteiger partial charge in [0.05, 0.1) is 0 Å². The van der Waals surface area contributed by atoms with Crippen molar-refractivity contribution in [2.75, 3.05) is 20.3 Å². The SMILES string of the molecule is COCCCNC(=O)/C(=C\c1cccs1)NC(=O)c1ccccc1. The first-order chi connectivity index (χ1) is 11.7. The number of rotatable bonds is 8. The van der Waals surface area contributed by atoms with E-state index >= 15 is 0 Å². The average Bonchev–Trinajstić information content (AvgIpc) is 3.12. The maximum absolute atomic E-state index is 12.4. The zero-order valence-electron chi connectivity index (χ0n) is 13.5. The van der Waals surface area contributed by atoms with Crippen molar-refractivity contribution in [2.24, 2.45) is 0 Å². The number of nitrogens with one attached hydrogen (secondary N) is 2. The lowest BCUT2D eigenvalue weighted by Crippen LogP contribution is -2.35. The minimum absolute atomic E-state index is 0.226. The number of hydrogen-bond donors (Lipinski definition) is 2. The van der Waals surface area contributed by atoms with Crippen LogP contribution < -0.4 is 10.6 Å². The molecule has 0 aliphatic heterocycles. The quantitative estimate of drug-likeness (QED) is 0.571. The van der Waals surface area contributed by atoms with Crippen molar-refractivity contribution in [1.82, 2.24) is 10.6 Å². The molecule has 1 aromatic heterocycles. The van der Waals surface area contributed by atoms with Crippen LogP contribution in [0.2, 0.25) is 0 Å². The van der Waals surface area contributed by atoms with Crippen LogP contribution in [0.5, 0.6) is 0 Å². The number of ether oxygens (including phenoxy) is 1. The van der Waals surface area contributed by atoms with Gasteiger partial charge in [0.1, 0.15) is 5.70 Å². The Morgan fingerprint density at radius 1 is 1.17 bits per heavy atom. The summed E-state index contributed by atoms with van der Waals surface area (Å²) in [6, 6.07) is 12.6. The molecule has 0 spiro atoms. The minimum Gasteiger partial charge on any atom is -0.385 e. The van der Waals surface area contributed by atoms with Crippen LogP contribution in [0, 0.1) is 0 Å². The van der Waals surface area contributed by atoms with Gasteiger partial charge < -0.3 is 15.4 Å². The summed E-state index contributed by atoms with van der Waals surface area (Å²) in [4.78, 5) is 25.6. The van der Waals surface area contributed by atoms with E-state index in [1.165, 1.54) is 11.3 Å². The van der Waals surface area contributed by atoms with Crippen molar-refractivity contribution < 1.29 is 14.3 Å². The second-order valence-corrected chi connectivity index (χ2v) is 5.98. The second kappa shape index (κ2) is 9.64. The van der Waals surface area contributed by atoms with Crippen molar-refractivity contribution in [3.05, 3.63) is 64.0 Å². The molecule has 0 aliphatic rings. The Kier molecular flexibility index (Phi) is 7.20. The van der Waals surface area contributed by atoms with E-state index in [4.69, 9.17) is 4.74 Å². The maximum atomic E-state index is 12.4. The summed E-state index contributed by atoms with van der Waals surface area (Å²) in [6.45, 7) is 1.05. The molecule has 0 radical (unpaired) electrons. The molecule has 0 bridgehead atoms. The van der Waals surface area contributed by atoms with Gasteiger partial charge in [-0.25, -0.2) is 0 Å². The summed E-state index contributed by atoms with van der Waals surface area (Å²) in [5, 5.41) is 7.40. The topological polar surface area (TPSA) is 67.4 Å². The highest BCUT2D eigenvalue weighted by molar-refractivity contribution is 7.10. The highest BCUT2D eigenvalue weighted by Gasteiger charge is 2.14. The molecule has 126 valence electrons. The first kappa shape index (κ1) is 17.9. The number of benzene rings is 1. The Labute approximate surface area is 145 Å². The lowest BCUT2D eigenvalue weighted by molar-refractivity contribution is -0.117. The van der Waals surface area contributed by atoms with E-state index in [9.17, 15) is 9.59 Å². The van der Waals surface area contributed by atoms with Crippen LogP contribution >= 0.6 is 11.3 Å². The Bertz CT molecular complexity index is 682. The third kappa shape index (κ3) is 5.64. The zero-order chi connectivity index (χ0) is 17.2. The first-order valence-electron chi connectivity index (χ1n) is 7.59. The fourth-order valence-corrected chi connectivity index (χ4v) is 2.63. The Morgan fingerprint density at radius 2 is 1.96 bits per heavy atom. The predicted octanol–water partition coefficient (Wildman–Crippen LogP) is 2.67. The number of thiophene rings is 1. The van der Waals surface area contributed by atoms with Gasteiger partial charge in [0, 0.05) is 30.7 Å². The molecule has 2 rings (SSSR count). The normalized spacial score (nSPS) is 11.1. The van der Waals surface area contributed by atoms with Crippen molar-refractivity contribution in [3.63, 3.8) is 0 Å². The van der Waals surface area contributed by atoms with E-state index in [-0.39, 0.29) is 17.5 Å². The second-order valence-electron chi connectivity index (χ2n) is 5.00. The predicted molar refractivity (Wildman–Crippen MR) is 95.7 cm³/mol. The summed E-state index contributed by atoms with van der Waals surface area (Å²) in [6.07, 6.45) is 2.39. The van der Waals surface area contributed by atoms with E-state index in [1.807, 2.05) is 23.6 Å². The van der Waals surface area contributed by atoms with Gasteiger partial charge in [-0.05, 0) is 36.1 Å². The molecule has 24 heavy (non-hydrogen) atoms. The number of methoxy groups -OCH3 is 1. The number of carbonyl (C=O) groups is 2. The van der Waals surface area contributed by atoms with Gasteiger partial charge >= 0.3 is 0 Å². The summed E-state index contributed by atoms with van der Waals surface area (Å²) in [7, 11) is 1.62. The third-order valence-electron chi connectivity index (χ3n) is 3.17. The van der Waals surface area contributed by atoms with E-state index in [0.29, 0.717) is 25.1 Å². The molecule has 0 saturated carbocycles. The molecule has 2 amide bonds. The largest absolute Gasteiger partial charge is 0.385 e. The Hall–Kier alpha value is -2.44. The molecular weight excluding hydrogens is 324 g/mol.